The van der Waals surface area contributed by atoms with Crippen molar-refractivity contribution in [3.63, 3.8) is 0 Å². The van der Waals surface area contributed by atoms with Crippen LogP contribution in [0.1, 0.15) is 30.6 Å². The van der Waals surface area contributed by atoms with Gasteiger partial charge in [-0.2, -0.15) is 0 Å². The molecule has 1 unspecified atom stereocenters. The highest BCUT2D eigenvalue weighted by molar-refractivity contribution is 7.09. The number of nitrogens with zero attached hydrogens (tertiary/aromatic N) is 3. The second-order valence-electron chi connectivity index (χ2n) is 4.06. The first kappa shape index (κ1) is 12.8. The van der Waals surface area contributed by atoms with E-state index in [2.05, 4.69) is 15.3 Å². The number of thiazole rings is 1. The third kappa shape index (κ3) is 2.59. The van der Waals surface area contributed by atoms with Crippen molar-refractivity contribution in [1.82, 2.24) is 14.5 Å². The van der Waals surface area contributed by atoms with E-state index in [4.69, 9.17) is 0 Å². The summed E-state index contributed by atoms with van der Waals surface area (Å²) < 4.78 is 1.62. The molecule has 5 nitrogen and oxygen atoms in total. The molecule has 0 aliphatic heterocycles. The van der Waals surface area contributed by atoms with Gasteiger partial charge in [0.15, 0.2) is 5.82 Å². The molecule has 0 aliphatic carbocycles. The highest BCUT2D eigenvalue weighted by Gasteiger charge is 2.12. The normalized spacial score (nSPS) is 12.4. The summed E-state index contributed by atoms with van der Waals surface area (Å²) in [5.74, 6) is 0.375. The van der Waals surface area contributed by atoms with E-state index in [1.54, 1.807) is 28.3 Å². The molecule has 0 radical (unpaired) electrons. The van der Waals surface area contributed by atoms with E-state index in [9.17, 15) is 4.79 Å². The largest absolute Gasteiger partial charge is 0.357 e. The van der Waals surface area contributed by atoms with Gasteiger partial charge in [-0.25, -0.2) is 9.97 Å². The Balaban J connectivity index is 2.22. The van der Waals surface area contributed by atoms with Crippen molar-refractivity contribution < 1.29 is 0 Å². The van der Waals surface area contributed by atoms with Gasteiger partial charge in [0, 0.05) is 30.0 Å². The van der Waals surface area contributed by atoms with Crippen LogP contribution in [-0.4, -0.2) is 14.5 Å². The van der Waals surface area contributed by atoms with E-state index < -0.39 is 0 Å². The van der Waals surface area contributed by atoms with E-state index in [0.29, 0.717) is 12.4 Å². The minimum absolute atomic E-state index is 0.0170. The standard InChI is InChI=1S/C12H16N4OS/c1-4-16-6-5-13-10(12(16)17)15-9(3)11-14-8(2)7-18-11/h5-7,9H,4H2,1-3H3,(H,13,15). The molecule has 0 aliphatic rings. The first-order valence-electron chi connectivity index (χ1n) is 5.85. The van der Waals surface area contributed by atoms with Crippen molar-refractivity contribution >= 4 is 17.2 Å². The summed E-state index contributed by atoms with van der Waals surface area (Å²) >= 11 is 1.58. The van der Waals surface area contributed by atoms with Crippen LogP contribution in [0.15, 0.2) is 22.6 Å². The first-order chi connectivity index (χ1) is 8.61. The number of aromatic nitrogens is 3. The Hall–Kier alpha value is -1.69. The minimum Gasteiger partial charge on any atom is -0.357 e. The molecule has 2 heterocycles. The Bertz CT molecular complexity index is 590. The predicted octanol–water partition coefficient (Wildman–Crippen LogP) is 2.20. The summed E-state index contributed by atoms with van der Waals surface area (Å²) in [6.07, 6.45) is 3.32. The lowest BCUT2D eigenvalue weighted by atomic mass is 10.3. The molecule has 96 valence electrons. The van der Waals surface area contributed by atoms with E-state index in [1.165, 1.54) is 0 Å². The summed E-state index contributed by atoms with van der Waals surface area (Å²) in [7, 11) is 0. The van der Waals surface area contributed by atoms with Gasteiger partial charge in [-0.15, -0.1) is 11.3 Å². The maximum Gasteiger partial charge on any atom is 0.293 e. The molecule has 0 saturated carbocycles. The van der Waals surface area contributed by atoms with E-state index in [1.807, 2.05) is 26.2 Å². The molecule has 18 heavy (non-hydrogen) atoms. The van der Waals surface area contributed by atoms with Gasteiger partial charge in [0.05, 0.1) is 6.04 Å². The highest BCUT2D eigenvalue weighted by Crippen LogP contribution is 2.19. The Labute approximate surface area is 110 Å². The summed E-state index contributed by atoms with van der Waals surface area (Å²) in [6.45, 7) is 6.50. The van der Waals surface area contributed by atoms with Gasteiger partial charge in [-0.1, -0.05) is 0 Å². The predicted molar refractivity (Wildman–Crippen MR) is 73.1 cm³/mol. The molecule has 0 aromatic carbocycles. The van der Waals surface area contributed by atoms with Crippen LogP contribution in [0.25, 0.3) is 0 Å². The summed E-state index contributed by atoms with van der Waals surface area (Å²) in [5.41, 5.74) is 0.899. The van der Waals surface area contributed by atoms with Crippen LogP contribution in [0, 0.1) is 6.92 Å². The van der Waals surface area contributed by atoms with Crippen LogP contribution >= 0.6 is 11.3 Å². The smallest absolute Gasteiger partial charge is 0.293 e. The number of hydrogen-bond acceptors (Lipinski definition) is 5. The monoisotopic (exact) mass is 264 g/mol. The third-order valence-corrected chi connectivity index (χ3v) is 3.76. The van der Waals surface area contributed by atoms with Crippen molar-refractivity contribution in [1.29, 1.82) is 0 Å². The Kier molecular flexibility index (Phi) is 3.76. The van der Waals surface area contributed by atoms with Crippen LogP contribution < -0.4 is 10.9 Å². The second-order valence-corrected chi connectivity index (χ2v) is 4.95. The maximum absolute atomic E-state index is 12.0. The minimum atomic E-state index is -0.0971. The second kappa shape index (κ2) is 5.30. The summed E-state index contributed by atoms with van der Waals surface area (Å²) in [6, 6.07) is -0.0170. The molecule has 0 fully saturated rings. The zero-order chi connectivity index (χ0) is 13.1. The van der Waals surface area contributed by atoms with Gasteiger partial charge >= 0.3 is 0 Å². The van der Waals surface area contributed by atoms with Gasteiger partial charge < -0.3 is 9.88 Å². The molecule has 0 amide bonds. The van der Waals surface area contributed by atoms with Crippen molar-refractivity contribution in [3.05, 3.63) is 38.8 Å². The Morgan fingerprint density at radius 3 is 2.94 bits per heavy atom. The van der Waals surface area contributed by atoms with Gasteiger partial charge in [-0.05, 0) is 20.8 Å². The third-order valence-electron chi connectivity index (χ3n) is 2.61. The average Bonchev–Trinajstić information content (AvgIpc) is 2.78. The van der Waals surface area contributed by atoms with Crippen LogP contribution in [0.2, 0.25) is 0 Å². The van der Waals surface area contributed by atoms with Gasteiger partial charge in [-0.3, -0.25) is 4.79 Å². The fourth-order valence-corrected chi connectivity index (χ4v) is 2.44. The van der Waals surface area contributed by atoms with Crippen molar-refractivity contribution in [2.24, 2.45) is 0 Å². The average molecular weight is 264 g/mol. The van der Waals surface area contributed by atoms with Crippen molar-refractivity contribution in [2.45, 2.75) is 33.4 Å². The van der Waals surface area contributed by atoms with E-state index >= 15 is 0 Å². The maximum atomic E-state index is 12.0. The van der Waals surface area contributed by atoms with Gasteiger partial charge in [0.1, 0.15) is 5.01 Å². The molecule has 0 bridgehead atoms. The highest BCUT2D eigenvalue weighted by atomic mass is 32.1. The molecule has 2 rings (SSSR count). The van der Waals surface area contributed by atoms with Crippen molar-refractivity contribution in [2.75, 3.05) is 5.32 Å². The molecule has 6 heteroatoms. The van der Waals surface area contributed by atoms with Crippen LogP contribution in [0.4, 0.5) is 5.82 Å². The van der Waals surface area contributed by atoms with Crippen molar-refractivity contribution in [3.8, 4) is 0 Å². The summed E-state index contributed by atoms with van der Waals surface area (Å²) in [4.78, 5) is 20.5. The van der Waals surface area contributed by atoms with Crippen LogP contribution in [-0.2, 0) is 6.54 Å². The fraction of sp³-hybridized carbons (Fsp3) is 0.417. The lowest BCUT2D eigenvalue weighted by Crippen LogP contribution is -2.24. The number of hydrogen-bond donors (Lipinski definition) is 1. The molecule has 2 aromatic rings. The van der Waals surface area contributed by atoms with Crippen LogP contribution in [0.5, 0.6) is 0 Å². The Morgan fingerprint density at radius 1 is 1.56 bits per heavy atom. The lowest BCUT2D eigenvalue weighted by Gasteiger charge is -2.12. The molecule has 0 spiro atoms. The van der Waals surface area contributed by atoms with Crippen LogP contribution in [0.3, 0.4) is 0 Å². The molecule has 0 saturated heterocycles. The number of nitrogens with one attached hydrogen (secondary N) is 1. The topological polar surface area (TPSA) is 59.8 Å². The number of rotatable bonds is 4. The first-order valence-corrected chi connectivity index (χ1v) is 6.73. The molecule has 2 aromatic heterocycles. The molecule has 1 atom stereocenters. The number of anilines is 1. The SMILES string of the molecule is CCn1ccnc(NC(C)c2nc(C)cs2)c1=O. The fourth-order valence-electron chi connectivity index (χ4n) is 1.63. The molecular weight excluding hydrogens is 248 g/mol. The summed E-state index contributed by atoms with van der Waals surface area (Å²) in [5, 5.41) is 6.07. The molecule has 1 N–H and O–H groups in total. The zero-order valence-electron chi connectivity index (χ0n) is 10.7. The molecular formula is C12H16N4OS. The lowest BCUT2D eigenvalue weighted by molar-refractivity contribution is 0.714. The Morgan fingerprint density at radius 2 is 2.33 bits per heavy atom. The number of aryl methyl sites for hydroxylation is 2. The quantitative estimate of drug-likeness (QED) is 0.919. The zero-order valence-corrected chi connectivity index (χ0v) is 11.5. The van der Waals surface area contributed by atoms with E-state index in [-0.39, 0.29) is 11.6 Å². The van der Waals surface area contributed by atoms with E-state index in [0.717, 1.165) is 10.7 Å². The van der Waals surface area contributed by atoms with Gasteiger partial charge in [0.25, 0.3) is 5.56 Å². The van der Waals surface area contributed by atoms with Gasteiger partial charge in [0.2, 0.25) is 0 Å².